The fourth-order valence-corrected chi connectivity index (χ4v) is 5.92. The highest BCUT2D eigenvalue weighted by molar-refractivity contribution is 7.92. The molecule has 1 aromatic rings. The molecule has 0 heterocycles. The summed E-state index contributed by atoms with van der Waals surface area (Å²) in [6.45, 7) is 6.20. The van der Waals surface area contributed by atoms with Gasteiger partial charge in [0.25, 0.3) is 0 Å². The fraction of sp³-hybridized carbons (Fsp3) is 0.625. The molecular weight excluding hydrogens is 270 g/mol. The summed E-state index contributed by atoms with van der Waals surface area (Å²) in [5.74, 6) is 0.758. The number of benzene rings is 1. The van der Waals surface area contributed by atoms with Crippen LogP contribution in [0.3, 0.4) is 0 Å². The summed E-state index contributed by atoms with van der Waals surface area (Å²) in [7, 11) is -1.41. The minimum Gasteiger partial charge on any atom is -0.316 e. The molecular formula is C16H25NO2S. The van der Waals surface area contributed by atoms with Crippen LogP contribution >= 0.6 is 0 Å². The first-order valence-corrected chi connectivity index (χ1v) is 8.88. The zero-order chi connectivity index (χ0) is 14.9. The Morgan fingerprint density at radius 3 is 2.50 bits per heavy atom. The van der Waals surface area contributed by atoms with Crippen LogP contribution in [0.15, 0.2) is 29.2 Å². The van der Waals surface area contributed by atoms with E-state index in [-0.39, 0.29) is 17.2 Å². The lowest BCUT2D eigenvalue weighted by Crippen LogP contribution is -2.50. The van der Waals surface area contributed by atoms with Crippen molar-refractivity contribution in [2.24, 2.45) is 11.8 Å². The van der Waals surface area contributed by atoms with Gasteiger partial charge in [-0.1, -0.05) is 26.0 Å². The molecule has 1 fully saturated rings. The molecule has 0 saturated heterocycles. The quantitative estimate of drug-likeness (QED) is 0.932. The maximum Gasteiger partial charge on any atom is 0.183 e. The first kappa shape index (κ1) is 15.5. The predicted molar refractivity (Wildman–Crippen MR) is 82.6 cm³/mol. The molecule has 0 aliphatic heterocycles. The van der Waals surface area contributed by atoms with Crippen molar-refractivity contribution in [1.29, 1.82) is 0 Å². The maximum absolute atomic E-state index is 13.0. The van der Waals surface area contributed by atoms with Gasteiger partial charge in [-0.25, -0.2) is 8.42 Å². The summed E-state index contributed by atoms with van der Waals surface area (Å²) in [5, 5.41) is 2.90. The van der Waals surface area contributed by atoms with E-state index in [9.17, 15) is 8.42 Å². The highest BCUT2D eigenvalue weighted by Crippen LogP contribution is 2.36. The van der Waals surface area contributed by atoms with Gasteiger partial charge in [-0.2, -0.15) is 0 Å². The standard InChI is InChI=1S/C16H25NO2S/c1-11-6-5-7-14(9-11)20(18,19)16-13(3)8-12(2)10-15(16)17-4/h5-7,9,12-13,15-17H,8,10H2,1-4H3. The van der Waals surface area contributed by atoms with Crippen molar-refractivity contribution in [2.45, 2.75) is 49.8 Å². The molecule has 1 aromatic carbocycles. The monoisotopic (exact) mass is 295 g/mol. The van der Waals surface area contributed by atoms with Gasteiger partial charge in [0, 0.05) is 6.04 Å². The highest BCUT2D eigenvalue weighted by Gasteiger charge is 2.42. The molecule has 112 valence electrons. The predicted octanol–water partition coefficient (Wildman–Crippen LogP) is 2.79. The second-order valence-corrected chi connectivity index (χ2v) is 8.38. The molecule has 4 atom stereocenters. The number of hydrogen-bond acceptors (Lipinski definition) is 3. The third-order valence-corrected chi connectivity index (χ3v) is 6.86. The van der Waals surface area contributed by atoms with Gasteiger partial charge in [0.15, 0.2) is 9.84 Å². The molecule has 1 saturated carbocycles. The Hall–Kier alpha value is -0.870. The molecule has 2 rings (SSSR count). The zero-order valence-electron chi connectivity index (χ0n) is 12.8. The van der Waals surface area contributed by atoms with E-state index in [1.54, 1.807) is 12.1 Å². The first-order chi connectivity index (χ1) is 9.36. The van der Waals surface area contributed by atoms with Crippen LogP contribution in [-0.2, 0) is 9.84 Å². The van der Waals surface area contributed by atoms with Crippen LogP contribution in [0, 0.1) is 18.8 Å². The van der Waals surface area contributed by atoms with Crippen molar-refractivity contribution < 1.29 is 8.42 Å². The largest absolute Gasteiger partial charge is 0.316 e. The lowest BCUT2D eigenvalue weighted by atomic mass is 9.80. The number of rotatable bonds is 3. The minimum absolute atomic E-state index is 0.0410. The van der Waals surface area contributed by atoms with Gasteiger partial charge < -0.3 is 5.32 Å². The number of sulfone groups is 1. The number of hydrogen-bond donors (Lipinski definition) is 1. The summed E-state index contributed by atoms with van der Waals surface area (Å²) in [6.07, 6.45) is 1.91. The third-order valence-electron chi connectivity index (χ3n) is 4.44. The molecule has 1 N–H and O–H groups in total. The Bertz CT molecular complexity index is 568. The van der Waals surface area contributed by atoms with Crippen molar-refractivity contribution in [3.05, 3.63) is 29.8 Å². The van der Waals surface area contributed by atoms with Crippen LogP contribution in [0.5, 0.6) is 0 Å². The van der Waals surface area contributed by atoms with E-state index < -0.39 is 9.84 Å². The van der Waals surface area contributed by atoms with Gasteiger partial charge in [0.05, 0.1) is 10.1 Å². The minimum atomic E-state index is -3.28. The Morgan fingerprint density at radius 2 is 1.90 bits per heavy atom. The molecule has 0 amide bonds. The van der Waals surface area contributed by atoms with Crippen molar-refractivity contribution >= 4 is 9.84 Å². The van der Waals surface area contributed by atoms with Crippen molar-refractivity contribution in [2.75, 3.05) is 7.05 Å². The van der Waals surface area contributed by atoms with E-state index in [0.29, 0.717) is 10.8 Å². The van der Waals surface area contributed by atoms with Crippen LogP contribution in [0.1, 0.15) is 32.3 Å². The van der Waals surface area contributed by atoms with Crippen LogP contribution < -0.4 is 5.32 Å². The molecule has 0 radical (unpaired) electrons. The van der Waals surface area contributed by atoms with Crippen LogP contribution in [0.2, 0.25) is 0 Å². The van der Waals surface area contributed by atoms with E-state index in [1.807, 2.05) is 26.1 Å². The van der Waals surface area contributed by atoms with Gasteiger partial charge in [-0.3, -0.25) is 0 Å². The topological polar surface area (TPSA) is 46.2 Å². The Morgan fingerprint density at radius 1 is 1.20 bits per heavy atom. The van der Waals surface area contributed by atoms with Gasteiger partial charge in [0.1, 0.15) is 0 Å². The van der Waals surface area contributed by atoms with E-state index in [2.05, 4.69) is 19.2 Å². The molecule has 4 unspecified atom stereocenters. The van der Waals surface area contributed by atoms with Gasteiger partial charge in [0.2, 0.25) is 0 Å². The summed E-state index contributed by atoms with van der Waals surface area (Å²) >= 11 is 0. The maximum atomic E-state index is 13.0. The third kappa shape index (κ3) is 2.91. The van der Waals surface area contributed by atoms with E-state index >= 15 is 0 Å². The lowest BCUT2D eigenvalue weighted by Gasteiger charge is -2.39. The van der Waals surface area contributed by atoms with Crippen LogP contribution in [0.25, 0.3) is 0 Å². The molecule has 20 heavy (non-hydrogen) atoms. The van der Waals surface area contributed by atoms with E-state index in [1.165, 1.54) is 0 Å². The van der Waals surface area contributed by atoms with Gasteiger partial charge >= 0.3 is 0 Å². The molecule has 1 aliphatic rings. The molecule has 1 aliphatic carbocycles. The molecule has 0 aromatic heterocycles. The highest BCUT2D eigenvalue weighted by atomic mass is 32.2. The second kappa shape index (κ2) is 5.86. The molecule has 0 bridgehead atoms. The fourth-order valence-electron chi connectivity index (χ4n) is 3.58. The molecule has 0 spiro atoms. The summed E-state index contributed by atoms with van der Waals surface area (Å²) in [4.78, 5) is 0.462. The first-order valence-electron chi connectivity index (χ1n) is 7.34. The summed E-state index contributed by atoms with van der Waals surface area (Å²) in [6, 6.07) is 7.31. The Balaban J connectivity index is 2.41. The smallest absolute Gasteiger partial charge is 0.183 e. The van der Waals surface area contributed by atoms with Crippen LogP contribution in [0.4, 0.5) is 0 Å². The average Bonchev–Trinajstić information content (AvgIpc) is 2.37. The van der Waals surface area contributed by atoms with E-state index in [4.69, 9.17) is 0 Å². The molecule has 4 heteroatoms. The van der Waals surface area contributed by atoms with Gasteiger partial charge in [-0.05, 0) is 56.3 Å². The van der Waals surface area contributed by atoms with Crippen molar-refractivity contribution in [3.8, 4) is 0 Å². The number of aryl methyl sites for hydroxylation is 1. The van der Waals surface area contributed by atoms with Crippen molar-refractivity contribution in [1.82, 2.24) is 5.32 Å². The SMILES string of the molecule is CNC1CC(C)CC(C)C1S(=O)(=O)c1cccc(C)c1. The lowest BCUT2D eigenvalue weighted by molar-refractivity contribution is 0.249. The van der Waals surface area contributed by atoms with Gasteiger partial charge in [-0.15, -0.1) is 0 Å². The van der Waals surface area contributed by atoms with Crippen molar-refractivity contribution in [3.63, 3.8) is 0 Å². The Kier molecular flexibility index (Phi) is 4.55. The van der Waals surface area contributed by atoms with Crippen LogP contribution in [-0.4, -0.2) is 26.8 Å². The normalized spacial score (nSPS) is 31.2. The summed E-state index contributed by atoms with van der Waals surface area (Å²) < 4.78 is 26.0. The zero-order valence-corrected chi connectivity index (χ0v) is 13.6. The number of nitrogens with one attached hydrogen (secondary N) is 1. The van der Waals surface area contributed by atoms with E-state index in [0.717, 1.165) is 18.4 Å². The summed E-state index contributed by atoms with van der Waals surface area (Å²) in [5.41, 5.74) is 0.990. The molecule has 3 nitrogen and oxygen atoms in total. The second-order valence-electron chi connectivity index (χ2n) is 6.28. The average molecular weight is 295 g/mol. The Labute approximate surface area is 122 Å².